The lowest BCUT2D eigenvalue weighted by atomic mass is 10.1. The van der Waals surface area contributed by atoms with Crippen LogP contribution in [0.1, 0.15) is 78.9 Å². The van der Waals surface area contributed by atoms with Gasteiger partial charge >= 0.3 is 0 Å². The summed E-state index contributed by atoms with van der Waals surface area (Å²) in [6, 6.07) is -2.42. The van der Waals surface area contributed by atoms with Gasteiger partial charge in [-0.15, -0.1) is 11.3 Å². The minimum Gasteiger partial charge on any atom is -0.506 e. The quantitative estimate of drug-likeness (QED) is 0.739. The lowest BCUT2D eigenvalue weighted by Gasteiger charge is -2.26. The van der Waals surface area contributed by atoms with Crippen molar-refractivity contribution < 1.29 is 33.2 Å². The highest BCUT2D eigenvalue weighted by Gasteiger charge is 2.23. The normalized spacial score (nSPS) is 36.4. The van der Waals surface area contributed by atoms with Gasteiger partial charge in [-0.05, 0) is 63.9 Å². The molecule has 2 aromatic rings. The van der Waals surface area contributed by atoms with E-state index < -0.39 is 99.0 Å². The van der Waals surface area contributed by atoms with Crippen molar-refractivity contribution in [3.63, 3.8) is 0 Å². The molecule has 1 aliphatic rings. The Morgan fingerprint density at radius 2 is 2.23 bits per heavy atom. The summed E-state index contributed by atoms with van der Waals surface area (Å²) in [4.78, 5) is 26.3. The predicted octanol–water partition coefficient (Wildman–Crippen LogP) is 2.96. The molecule has 0 aromatic carbocycles. The summed E-state index contributed by atoms with van der Waals surface area (Å²) in [5, 5.41) is 13.8. The van der Waals surface area contributed by atoms with E-state index in [9.17, 15) is 14.7 Å². The molecule has 0 saturated carbocycles. The number of hydrogen-bond donors (Lipinski definition) is 2. The zero-order valence-corrected chi connectivity index (χ0v) is 14.2. The minimum absolute atomic E-state index is 0.108. The van der Waals surface area contributed by atoms with Crippen LogP contribution in [0.15, 0.2) is 16.2 Å². The van der Waals surface area contributed by atoms with E-state index >= 15 is 0 Å². The molecule has 26 heavy (non-hydrogen) atoms. The fraction of sp³-hybridized carbons (Fsp3) is 0.579. The number of fused-ring (bicyclic) bond motifs is 1. The topological polar surface area (TPSA) is 74.6 Å². The number of aromatic hydroxyl groups is 1. The largest absolute Gasteiger partial charge is 0.506 e. The molecule has 1 saturated heterocycles. The molecule has 0 aliphatic carbocycles. The molecule has 1 amide bonds. The van der Waals surface area contributed by atoms with Crippen LogP contribution in [-0.4, -0.2) is 46.6 Å². The van der Waals surface area contributed by atoms with Gasteiger partial charge in [-0.3, -0.25) is 14.2 Å². The third kappa shape index (κ3) is 3.78. The molecular formula is C19H27N3O3S. The highest BCUT2D eigenvalue weighted by atomic mass is 32.1. The SMILES string of the molecule is [2H]C([2H])([2H])C([2H])(n1c(=O)c(C(=O)NCCCN2C([2H])([2H])C([2H])([2H])C([2H])([2H])C([2H])([2H])C2([2H])[2H])c(O)c2ccsc21)C([2H])([2H])[2H]. The number of rotatable bonds is 6. The van der Waals surface area contributed by atoms with Gasteiger partial charge in [0.25, 0.3) is 11.5 Å². The van der Waals surface area contributed by atoms with Crippen LogP contribution in [0.5, 0.6) is 5.75 Å². The van der Waals surface area contributed by atoms with Crippen molar-refractivity contribution in [2.45, 2.75) is 45.3 Å². The molecule has 1 fully saturated rings. The third-order valence-corrected chi connectivity index (χ3v) is 4.46. The number of nitrogens with one attached hydrogen (secondary N) is 1. The molecule has 7 heteroatoms. The summed E-state index contributed by atoms with van der Waals surface area (Å²) in [5.74, 6) is -2.31. The summed E-state index contributed by atoms with van der Waals surface area (Å²) in [6.07, 6.45) is -11.1. The first-order chi connectivity index (χ1) is 19.1. The number of pyridine rings is 1. The third-order valence-electron chi connectivity index (χ3n) is 3.56. The van der Waals surface area contributed by atoms with Crippen molar-refractivity contribution in [2.75, 3.05) is 26.1 Å². The lowest BCUT2D eigenvalue weighted by Crippen LogP contribution is -2.36. The molecule has 2 aromatic heterocycles. The first kappa shape index (κ1) is 6.95. The zero-order valence-electron chi connectivity index (χ0n) is 30.3. The average Bonchev–Trinajstić information content (AvgIpc) is 3.30. The van der Waals surface area contributed by atoms with Crippen LogP contribution in [-0.2, 0) is 0 Å². The summed E-state index contributed by atoms with van der Waals surface area (Å²) in [5.41, 5.74) is -2.72. The standard InChI is InChI=1S/C19H27N3O3S/c1-13(2)22-18(25)15(16(23)14-7-12-26-19(14)22)17(24)20-8-6-11-21-9-4-3-5-10-21/h7,12-13,23H,3-6,8-11H2,1-2H3,(H,20,24)/i1D3,2D3,3D2,4D2,5D2,9D2,10D2,13D. The Labute approximate surface area is 181 Å². The number of hydrogen-bond acceptors (Lipinski definition) is 5. The summed E-state index contributed by atoms with van der Waals surface area (Å²) >= 11 is 0.645. The monoisotopic (exact) mass is 394 g/mol. The maximum atomic E-state index is 13.4. The van der Waals surface area contributed by atoms with E-state index in [2.05, 4.69) is 5.32 Å². The van der Waals surface area contributed by atoms with Crippen molar-refractivity contribution in [1.29, 1.82) is 0 Å². The summed E-state index contributed by atoms with van der Waals surface area (Å²) in [7, 11) is 0. The first-order valence-corrected chi connectivity index (χ1v) is 8.36. The van der Waals surface area contributed by atoms with Crippen LogP contribution in [0.3, 0.4) is 0 Å². The van der Waals surface area contributed by atoms with Gasteiger partial charge in [0.2, 0.25) is 0 Å². The van der Waals surface area contributed by atoms with E-state index in [0.717, 1.165) is 0 Å². The zero-order chi connectivity index (χ0) is 33.6. The molecule has 2 N–H and O–H groups in total. The fourth-order valence-corrected chi connectivity index (χ4v) is 3.30. The Bertz CT molecular complexity index is 1430. The number of piperidine rings is 1. The Morgan fingerprint density at radius 1 is 1.46 bits per heavy atom. The van der Waals surface area contributed by atoms with E-state index in [4.69, 9.17) is 23.3 Å². The molecule has 0 spiro atoms. The lowest BCUT2D eigenvalue weighted by molar-refractivity contribution is 0.0946. The number of likely N-dealkylation sites (tertiary alicyclic amines) is 1. The molecule has 3 heterocycles. The molecule has 0 atom stereocenters. The molecule has 1 aliphatic heterocycles. The maximum absolute atomic E-state index is 13.4. The number of carbonyl (C=O) groups excluding carboxylic acids is 1. The molecule has 0 unspecified atom stereocenters. The van der Waals surface area contributed by atoms with E-state index in [-0.39, 0.29) is 14.9 Å². The van der Waals surface area contributed by atoms with Gasteiger partial charge in [0.15, 0.2) is 0 Å². The van der Waals surface area contributed by atoms with Crippen LogP contribution in [0.25, 0.3) is 10.2 Å². The number of nitrogens with zero attached hydrogens (tertiary/aromatic N) is 2. The van der Waals surface area contributed by atoms with Gasteiger partial charge in [-0.2, -0.15) is 0 Å². The van der Waals surface area contributed by atoms with Gasteiger partial charge in [0, 0.05) is 34.5 Å². The minimum atomic E-state index is -3.62. The Morgan fingerprint density at radius 3 is 2.96 bits per heavy atom. The van der Waals surface area contributed by atoms with Crippen LogP contribution in [0.4, 0.5) is 0 Å². The van der Waals surface area contributed by atoms with E-state index in [1.165, 1.54) is 11.4 Å². The van der Waals surface area contributed by atoms with Crippen molar-refractivity contribution in [2.24, 2.45) is 0 Å². The van der Waals surface area contributed by atoms with Crippen molar-refractivity contribution in [3.05, 3.63) is 27.4 Å². The van der Waals surface area contributed by atoms with Crippen LogP contribution < -0.4 is 10.9 Å². The Kier molecular flexibility index (Phi) is 2.20. The molecule has 3 rings (SSSR count). The number of aromatic nitrogens is 1. The Hall–Kier alpha value is -1.86. The van der Waals surface area contributed by atoms with Gasteiger partial charge < -0.3 is 15.3 Å². The van der Waals surface area contributed by atoms with Gasteiger partial charge in [0.1, 0.15) is 16.1 Å². The number of carbonyl (C=O) groups is 1. The molecule has 6 nitrogen and oxygen atoms in total. The van der Waals surface area contributed by atoms with Gasteiger partial charge in [-0.25, -0.2) is 0 Å². The smallest absolute Gasteiger partial charge is 0.268 e. The highest BCUT2D eigenvalue weighted by Crippen LogP contribution is 2.31. The van der Waals surface area contributed by atoms with Crippen LogP contribution >= 0.6 is 11.3 Å². The van der Waals surface area contributed by atoms with E-state index in [0.29, 0.717) is 11.3 Å². The second-order valence-corrected chi connectivity index (χ2v) is 6.11. The summed E-state index contributed by atoms with van der Waals surface area (Å²) < 4.78 is 135. The molecule has 0 radical (unpaired) electrons. The highest BCUT2D eigenvalue weighted by molar-refractivity contribution is 7.16. The Balaban J connectivity index is 1.97. The average molecular weight is 395 g/mol. The van der Waals surface area contributed by atoms with Crippen molar-refractivity contribution >= 4 is 27.5 Å². The van der Waals surface area contributed by atoms with E-state index in [1.807, 2.05) is 0 Å². The van der Waals surface area contributed by atoms with Crippen molar-refractivity contribution in [3.8, 4) is 5.75 Å². The first-order valence-electron chi connectivity index (χ1n) is 16.0. The second-order valence-electron chi connectivity index (χ2n) is 5.21. The number of thiophene rings is 1. The second kappa shape index (κ2) is 8.22. The maximum Gasteiger partial charge on any atom is 0.268 e. The van der Waals surface area contributed by atoms with Crippen LogP contribution in [0, 0.1) is 0 Å². The molecule has 0 bridgehead atoms. The number of amides is 1. The van der Waals surface area contributed by atoms with Crippen molar-refractivity contribution in [1.82, 2.24) is 14.8 Å². The van der Waals surface area contributed by atoms with E-state index in [1.54, 1.807) is 0 Å². The summed E-state index contributed by atoms with van der Waals surface area (Å²) in [6.45, 7) is -15.3. The fourth-order valence-electron chi connectivity index (χ4n) is 2.39. The van der Waals surface area contributed by atoms with Crippen LogP contribution in [0.2, 0.25) is 0 Å². The molecular weight excluding hydrogens is 350 g/mol. The molecule has 142 valence electrons. The van der Waals surface area contributed by atoms with Gasteiger partial charge in [0.05, 0.1) is 6.76 Å². The predicted molar refractivity (Wildman–Crippen MR) is 105 cm³/mol. The van der Waals surface area contributed by atoms with Gasteiger partial charge in [-0.1, -0.05) is 6.37 Å².